The van der Waals surface area contributed by atoms with Gasteiger partial charge in [0, 0.05) is 6.04 Å². The zero-order chi connectivity index (χ0) is 25.6. The van der Waals surface area contributed by atoms with Crippen LogP contribution in [0.5, 0.6) is 0 Å². The molecular formula is C31H53NO2. The summed E-state index contributed by atoms with van der Waals surface area (Å²) in [4.78, 5) is 10.9. The van der Waals surface area contributed by atoms with Gasteiger partial charge in [-0.1, -0.05) is 115 Å². The first-order valence-corrected chi connectivity index (χ1v) is 13.9. The van der Waals surface area contributed by atoms with Crippen molar-refractivity contribution in [1.29, 1.82) is 0 Å². The standard InChI is InChI=1S/C22H32O2.C7H15N.C2H6/c1-4-6-7-8-9-10-11-19(5-2)13-12-18(3)20-14-16-21(17-15-20)22(23)24;8-7-5-3-1-2-4-6-7;1-2/h12-17H,4-11H2,1-3H3,(H,23,24);7H,1-6,8H2;1-2H3/b18-12+,19-13+;;. The molecule has 3 nitrogen and oxygen atoms in total. The molecule has 34 heavy (non-hydrogen) atoms. The minimum Gasteiger partial charge on any atom is -0.478 e. The number of benzene rings is 1. The van der Waals surface area contributed by atoms with Crippen molar-refractivity contribution < 1.29 is 9.90 Å². The first kappa shape index (κ1) is 32.1. The summed E-state index contributed by atoms with van der Waals surface area (Å²) in [5.74, 6) is -0.879. The third-order valence-corrected chi connectivity index (χ3v) is 6.36. The summed E-state index contributed by atoms with van der Waals surface area (Å²) in [5.41, 5.74) is 9.80. The van der Waals surface area contributed by atoms with Gasteiger partial charge in [0.05, 0.1) is 5.56 Å². The van der Waals surface area contributed by atoms with Gasteiger partial charge in [0.2, 0.25) is 0 Å². The Balaban J connectivity index is 0.000000904. The van der Waals surface area contributed by atoms with Crippen LogP contribution in [0.4, 0.5) is 0 Å². The molecule has 0 bridgehead atoms. The van der Waals surface area contributed by atoms with Gasteiger partial charge in [0.1, 0.15) is 0 Å². The van der Waals surface area contributed by atoms with Crippen LogP contribution in [0.3, 0.4) is 0 Å². The largest absolute Gasteiger partial charge is 0.478 e. The van der Waals surface area contributed by atoms with Gasteiger partial charge < -0.3 is 10.8 Å². The zero-order valence-corrected chi connectivity index (χ0v) is 22.9. The van der Waals surface area contributed by atoms with E-state index in [1.54, 1.807) is 12.1 Å². The summed E-state index contributed by atoms with van der Waals surface area (Å²) >= 11 is 0. The third-order valence-electron chi connectivity index (χ3n) is 6.36. The van der Waals surface area contributed by atoms with Crippen molar-refractivity contribution in [3.05, 3.63) is 53.1 Å². The van der Waals surface area contributed by atoms with Crippen LogP contribution in [0.15, 0.2) is 42.0 Å². The topological polar surface area (TPSA) is 63.3 Å². The van der Waals surface area contributed by atoms with Crippen LogP contribution in [0.1, 0.15) is 140 Å². The highest BCUT2D eigenvalue weighted by molar-refractivity contribution is 5.88. The van der Waals surface area contributed by atoms with Crippen LogP contribution in [-0.2, 0) is 0 Å². The van der Waals surface area contributed by atoms with Crippen LogP contribution in [-0.4, -0.2) is 17.1 Å². The number of allylic oxidation sites excluding steroid dienone is 4. The van der Waals surface area contributed by atoms with Crippen LogP contribution < -0.4 is 5.73 Å². The van der Waals surface area contributed by atoms with E-state index in [2.05, 4.69) is 32.9 Å². The molecule has 1 aromatic rings. The number of nitrogens with two attached hydrogens (primary N) is 1. The molecule has 0 amide bonds. The lowest BCUT2D eigenvalue weighted by molar-refractivity contribution is 0.0697. The molecule has 0 saturated heterocycles. The summed E-state index contributed by atoms with van der Waals surface area (Å²) in [6, 6.07) is 7.61. The minimum absolute atomic E-state index is 0.333. The smallest absolute Gasteiger partial charge is 0.335 e. The van der Waals surface area contributed by atoms with Crippen LogP contribution in [0, 0.1) is 0 Å². The first-order valence-electron chi connectivity index (χ1n) is 13.9. The van der Waals surface area contributed by atoms with Crippen LogP contribution >= 0.6 is 0 Å². The van der Waals surface area contributed by atoms with E-state index < -0.39 is 5.97 Å². The van der Waals surface area contributed by atoms with Crippen molar-refractivity contribution in [2.75, 3.05) is 0 Å². The fourth-order valence-electron chi connectivity index (χ4n) is 4.04. The number of hydrogen-bond donors (Lipinski definition) is 2. The summed E-state index contributed by atoms with van der Waals surface area (Å²) in [7, 11) is 0. The Kier molecular flexibility index (Phi) is 20.5. The predicted molar refractivity (Wildman–Crippen MR) is 150 cm³/mol. The second kappa shape index (κ2) is 21.6. The Morgan fingerprint density at radius 2 is 1.41 bits per heavy atom. The van der Waals surface area contributed by atoms with Crippen molar-refractivity contribution >= 4 is 11.5 Å². The fraction of sp³-hybridized carbons (Fsp3) is 0.645. The van der Waals surface area contributed by atoms with E-state index >= 15 is 0 Å². The molecule has 1 saturated carbocycles. The maximum atomic E-state index is 10.9. The molecule has 0 atom stereocenters. The highest BCUT2D eigenvalue weighted by atomic mass is 16.4. The highest BCUT2D eigenvalue weighted by Gasteiger charge is 2.05. The normalized spacial score (nSPS) is 14.9. The SMILES string of the molecule is CC.CCCCCCCC/C(=C/C=C(\C)c1ccc(C(=O)O)cc1)CC.NC1CCCCCC1. The summed E-state index contributed by atoms with van der Waals surface area (Å²) in [5, 5.41) is 8.95. The maximum absolute atomic E-state index is 10.9. The number of hydrogen-bond acceptors (Lipinski definition) is 2. The average molecular weight is 472 g/mol. The minimum atomic E-state index is -0.879. The van der Waals surface area contributed by atoms with E-state index in [0.717, 1.165) is 12.0 Å². The van der Waals surface area contributed by atoms with Gasteiger partial charge in [-0.15, -0.1) is 0 Å². The molecule has 2 rings (SSSR count). The molecule has 1 aliphatic carbocycles. The average Bonchev–Trinajstić information content (AvgIpc) is 3.12. The van der Waals surface area contributed by atoms with E-state index in [0.29, 0.717) is 11.6 Å². The van der Waals surface area contributed by atoms with Gasteiger partial charge in [-0.25, -0.2) is 4.79 Å². The monoisotopic (exact) mass is 471 g/mol. The molecule has 1 fully saturated rings. The number of carbonyl (C=O) groups is 1. The van der Waals surface area contributed by atoms with Crippen molar-refractivity contribution in [3.63, 3.8) is 0 Å². The molecule has 1 aromatic carbocycles. The van der Waals surface area contributed by atoms with Gasteiger partial charge in [0.15, 0.2) is 0 Å². The molecule has 0 aliphatic heterocycles. The lowest BCUT2D eigenvalue weighted by atomic mass is 10.0. The predicted octanol–water partition coefficient (Wildman–Crippen LogP) is 9.57. The van der Waals surface area contributed by atoms with Gasteiger partial charge in [0.25, 0.3) is 0 Å². The molecule has 0 spiro atoms. The Bertz CT molecular complexity index is 680. The lowest BCUT2D eigenvalue weighted by Crippen LogP contribution is -2.17. The molecule has 0 heterocycles. The molecule has 3 N–H and O–H groups in total. The summed E-state index contributed by atoms with van der Waals surface area (Å²) in [6.07, 6.45) is 22.8. The summed E-state index contributed by atoms with van der Waals surface area (Å²) in [6.45, 7) is 10.5. The van der Waals surface area contributed by atoms with Gasteiger partial charge in [-0.2, -0.15) is 0 Å². The van der Waals surface area contributed by atoms with E-state index in [9.17, 15) is 4.79 Å². The Labute approximate surface area is 210 Å². The van der Waals surface area contributed by atoms with Crippen molar-refractivity contribution in [2.45, 2.75) is 131 Å². The lowest BCUT2D eigenvalue weighted by Gasteiger charge is -2.05. The van der Waals surface area contributed by atoms with Crippen molar-refractivity contribution in [2.24, 2.45) is 5.73 Å². The first-order chi connectivity index (χ1) is 16.5. The van der Waals surface area contributed by atoms with Crippen molar-refractivity contribution in [3.8, 4) is 0 Å². The van der Waals surface area contributed by atoms with Gasteiger partial charge >= 0.3 is 5.97 Å². The molecule has 0 unspecified atom stereocenters. The number of carboxylic acid groups (broad SMARTS) is 1. The second-order valence-electron chi connectivity index (χ2n) is 9.18. The van der Waals surface area contributed by atoms with Crippen LogP contribution in [0.25, 0.3) is 5.57 Å². The number of aromatic carboxylic acids is 1. The Morgan fingerprint density at radius 3 is 1.94 bits per heavy atom. The maximum Gasteiger partial charge on any atom is 0.335 e. The number of unbranched alkanes of at least 4 members (excludes halogenated alkanes) is 5. The Morgan fingerprint density at radius 1 is 0.882 bits per heavy atom. The van der Waals surface area contributed by atoms with E-state index in [4.69, 9.17) is 10.8 Å². The number of carboxylic acids is 1. The highest BCUT2D eigenvalue weighted by Crippen LogP contribution is 2.18. The zero-order valence-electron chi connectivity index (χ0n) is 22.9. The van der Waals surface area contributed by atoms with E-state index in [1.165, 1.54) is 94.6 Å². The quantitative estimate of drug-likeness (QED) is 0.192. The van der Waals surface area contributed by atoms with E-state index in [-0.39, 0.29) is 0 Å². The number of rotatable bonds is 11. The molecule has 1 aliphatic rings. The molecular weight excluding hydrogens is 418 g/mol. The second-order valence-corrected chi connectivity index (χ2v) is 9.18. The molecule has 0 radical (unpaired) electrons. The molecule has 0 aromatic heterocycles. The van der Waals surface area contributed by atoms with E-state index in [1.807, 2.05) is 26.0 Å². The fourth-order valence-corrected chi connectivity index (χ4v) is 4.04. The molecule has 194 valence electrons. The van der Waals surface area contributed by atoms with Gasteiger partial charge in [-0.05, 0) is 62.3 Å². The Hall–Kier alpha value is -1.87. The van der Waals surface area contributed by atoms with Crippen LogP contribution in [0.2, 0.25) is 0 Å². The van der Waals surface area contributed by atoms with Crippen molar-refractivity contribution in [1.82, 2.24) is 0 Å². The third kappa shape index (κ3) is 15.9. The summed E-state index contributed by atoms with van der Waals surface area (Å²) < 4.78 is 0. The molecule has 3 heteroatoms. The van der Waals surface area contributed by atoms with Gasteiger partial charge in [-0.3, -0.25) is 0 Å².